The highest BCUT2D eigenvalue weighted by molar-refractivity contribution is 6.04. The van der Waals surface area contributed by atoms with Gasteiger partial charge in [-0.25, -0.2) is 0 Å². The number of likely N-dealkylation sites (tertiary alicyclic amines) is 1. The van der Waals surface area contributed by atoms with Gasteiger partial charge in [0.2, 0.25) is 0 Å². The summed E-state index contributed by atoms with van der Waals surface area (Å²) in [6.07, 6.45) is 6.84. The van der Waals surface area contributed by atoms with E-state index in [1.807, 2.05) is 42.5 Å². The Hall–Kier alpha value is -2.13. The number of benzene rings is 2. The van der Waals surface area contributed by atoms with Crippen LogP contribution in [0.2, 0.25) is 0 Å². The van der Waals surface area contributed by atoms with Crippen LogP contribution in [0.25, 0.3) is 0 Å². The molecule has 3 heteroatoms. The fraction of sp³-hybridized carbons (Fsp3) is 0.381. The second kappa shape index (κ2) is 8.65. The van der Waals surface area contributed by atoms with Crippen molar-refractivity contribution in [2.24, 2.45) is 0 Å². The number of anilines is 1. The van der Waals surface area contributed by atoms with Crippen molar-refractivity contribution in [3.8, 4) is 0 Å². The van der Waals surface area contributed by atoms with Gasteiger partial charge in [0.15, 0.2) is 0 Å². The molecule has 3 nitrogen and oxygen atoms in total. The standard InChI is InChI=1S/C21H26N2O/c24-21(22-20-9-5-4-6-10-20)19-13-11-18(12-14-19)17-23-15-7-2-1-3-8-16-23/h4-6,9-14H,1-3,7-8,15-17H2,(H,22,24)/p+1. The molecule has 1 amide bonds. The van der Waals surface area contributed by atoms with E-state index in [0.717, 1.165) is 12.2 Å². The molecule has 0 aliphatic carbocycles. The highest BCUT2D eigenvalue weighted by atomic mass is 16.1. The molecular weight excluding hydrogens is 296 g/mol. The van der Waals surface area contributed by atoms with Crippen molar-refractivity contribution in [1.82, 2.24) is 0 Å². The summed E-state index contributed by atoms with van der Waals surface area (Å²) in [5.41, 5.74) is 2.86. The SMILES string of the molecule is O=C(Nc1ccccc1)c1ccc(C[NH+]2CCCCCCC2)cc1. The van der Waals surface area contributed by atoms with E-state index in [-0.39, 0.29) is 5.91 Å². The lowest BCUT2D eigenvalue weighted by atomic mass is 10.1. The zero-order chi connectivity index (χ0) is 16.6. The van der Waals surface area contributed by atoms with Crippen LogP contribution in [0.15, 0.2) is 54.6 Å². The Morgan fingerprint density at radius 2 is 1.46 bits per heavy atom. The van der Waals surface area contributed by atoms with Crippen LogP contribution in [0.1, 0.15) is 48.0 Å². The normalized spacial score (nSPS) is 16.2. The van der Waals surface area contributed by atoms with E-state index in [1.165, 1.54) is 50.8 Å². The maximum absolute atomic E-state index is 12.3. The fourth-order valence-electron chi connectivity index (χ4n) is 3.37. The molecule has 24 heavy (non-hydrogen) atoms. The Labute approximate surface area is 144 Å². The van der Waals surface area contributed by atoms with Crippen molar-refractivity contribution >= 4 is 11.6 Å². The van der Waals surface area contributed by atoms with E-state index in [4.69, 9.17) is 0 Å². The summed E-state index contributed by atoms with van der Waals surface area (Å²) in [5.74, 6) is -0.0497. The average molecular weight is 323 g/mol. The quantitative estimate of drug-likeness (QED) is 0.889. The molecule has 0 unspecified atom stereocenters. The van der Waals surface area contributed by atoms with E-state index < -0.39 is 0 Å². The largest absolute Gasteiger partial charge is 0.331 e. The van der Waals surface area contributed by atoms with Crippen LogP contribution in [0.3, 0.4) is 0 Å². The van der Waals surface area contributed by atoms with Gasteiger partial charge in [0.05, 0.1) is 13.1 Å². The summed E-state index contributed by atoms with van der Waals surface area (Å²) in [4.78, 5) is 14.0. The Bertz CT molecular complexity index is 629. The molecule has 1 aliphatic rings. The molecule has 0 radical (unpaired) electrons. The maximum atomic E-state index is 12.3. The van der Waals surface area contributed by atoms with E-state index in [0.29, 0.717) is 5.56 Å². The van der Waals surface area contributed by atoms with Gasteiger partial charge >= 0.3 is 0 Å². The van der Waals surface area contributed by atoms with E-state index in [2.05, 4.69) is 17.4 Å². The number of amides is 1. The number of carbonyl (C=O) groups excluding carboxylic acids is 1. The van der Waals surface area contributed by atoms with Crippen LogP contribution in [0.5, 0.6) is 0 Å². The molecular formula is C21H27N2O+. The smallest absolute Gasteiger partial charge is 0.255 e. The first-order valence-corrected chi connectivity index (χ1v) is 9.10. The molecule has 2 aromatic rings. The first kappa shape index (κ1) is 16.7. The topological polar surface area (TPSA) is 33.5 Å². The van der Waals surface area contributed by atoms with E-state index >= 15 is 0 Å². The first-order valence-electron chi connectivity index (χ1n) is 9.10. The molecule has 3 rings (SSSR count). The maximum Gasteiger partial charge on any atom is 0.255 e. The highest BCUT2D eigenvalue weighted by Gasteiger charge is 2.12. The van der Waals surface area contributed by atoms with Crippen LogP contribution >= 0.6 is 0 Å². The number of hydrogen-bond acceptors (Lipinski definition) is 1. The van der Waals surface area contributed by atoms with Crippen molar-refractivity contribution in [1.29, 1.82) is 0 Å². The fourth-order valence-corrected chi connectivity index (χ4v) is 3.37. The van der Waals surface area contributed by atoms with Gasteiger partial charge in [-0.3, -0.25) is 4.79 Å². The first-order chi connectivity index (χ1) is 11.8. The van der Waals surface area contributed by atoms with Gasteiger partial charge in [-0.1, -0.05) is 36.8 Å². The zero-order valence-electron chi connectivity index (χ0n) is 14.3. The van der Waals surface area contributed by atoms with Crippen molar-refractivity contribution in [2.45, 2.75) is 38.6 Å². The van der Waals surface area contributed by atoms with Crippen LogP contribution in [0.4, 0.5) is 5.69 Å². The van der Waals surface area contributed by atoms with Crippen LogP contribution < -0.4 is 10.2 Å². The molecule has 0 aromatic heterocycles. The van der Waals surface area contributed by atoms with Crippen LogP contribution in [-0.4, -0.2) is 19.0 Å². The van der Waals surface area contributed by atoms with Crippen molar-refractivity contribution in [3.05, 3.63) is 65.7 Å². The number of hydrogen-bond donors (Lipinski definition) is 2. The minimum atomic E-state index is -0.0497. The van der Waals surface area contributed by atoms with Gasteiger partial charge < -0.3 is 10.2 Å². The lowest BCUT2D eigenvalue weighted by Gasteiger charge is -2.21. The third-order valence-electron chi connectivity index (χ3n) is 4.76. The molecule has 126 valence electrons. The summed E-state index contributed by atoms with van der Waals surface area (Å²) in [7, 11) is 0. The molecule has 0 saturated carbocycles. The molecule has 0 atom stereocenters. The van der Waals surface area contributed by atoms with Gasteiger partial charge in [-0.2, -0.15) is 0 Å². The molecule has 0 bridgehead atoms. The molecule has 2 aromatic carbocycles. The zero-order valence-corrected chi connectivity index (χ0v) is 14.3. The minimum Gasteiger partial charge on any atom is -0.331 e. The predicted molar refractivity (Wildman–Crippen MR) is 98.3 cm³/mol. The number of nitrogens with one attached hydrogen (secondary N) is 2. The minimum absolute atomic E-state index is 0.0497. The number of quaternary nitrogens is 1. The molecule has 1 aliphatic heterocycles. The van der Waals surface area contributed by atoms with Gasteiger partial charge in [0.25, 0.3) is 5.91 Å². The molecule has 2 N–H and O–H groups in total. The Balaban J connectivity index is 1.57. The number of carbonyl (C=O) groups is 1. The molecule has 1 heterocycles. The van der Waals surface area contributed by atoms with Crippen molar-refractivity contribution in [3.63, 3.8) is 0 Å². The number of para-hydroxylation sites is 1. The summed E-state index contributed by atoms with van der Waals surface area (Å²) >= 11 is 0. The highest BCUT2D eigenvalue weighted by Crippen LogP contribution is 2.10. The Morgan fingerprint density at radius 3 is 2.12 bits per heavy atom. The van der Waals surface area contributed by atoms with Gasteiger partial charge in [0.1, 0.15) is 6.54 Å². The van der Waals surface area contributed by atoms with Gasteiger partial charge in [0, 0.05) is 16.8 Å². The van der Waals surface area contributed by atoms with E-state index in [1.54, 1.807) is 4.90 Å². The second-order valence-corrected chi connectivity index (χ2v) is 6.71. The molecule has 1 fully saturated rings. The van der Waals surface area contributed by atoms with Gasteiger partial charge in [-0.05, 0) is 49.9 Å². The Kier molecular flexibility index (Phi) is 6.02. The van der Waals surface area contributed by atoms with Crippen LogP contribution in [-0.2, 0) is 6.54 Å². The Morgan fingerprint density at radius 1 is 0.833 bits per heavy atom. The lowest BCUT2D eigenvalue weighted by molar-refractivity contribution is -0.914. The van der Waals surface area contributed by atoms with E-state index in [9.17, 15) is 4.79 Å². The van der Waals surface area contributed by atoms with Crippen LogP contribution in [0, 0.1) is 0 Å². The second-order valence-electron chi connectivity index (χ2n) is 6.71. The third kappa shape index (κ3) is 4.93. The van der Waals surface area contributed by atoms with Crippen molar-refractivity contribution in [2.75, 3.05) is 18.4 Å². The predicted octanol–water partition coefficient (Wildman–Crippen LogP) is 3.29. The van der Waals surface area contributed by atoms with Crippen molar-refractivity contribution < 1.29 is 9.69 Å². The third-order valence-corrected chi connectivity index (χ3v) is 4.76. The summed E-state index contributed by atoms with van der Waals surface area (Å²) in [6.45, 7) is 3.62. The lowest BCUT2D eigenvalue weighted by Crippen LogP contribution is -3.10. The molecule has 0 spiro atoms. The monoisotopic (exact) mass is 323 g/mol. The summed E-state index contributed by atoms with van der Waals surface area (Å²) < 4.78 is 0. The number of rotatable bonds is 4. The summed E-state index contributed by atoms with van der Waals surface area (Å²) in [5, 5.41) is 2.93. The average Bonchev–Trinajstić information content (AvgIpc) is 2.59. The summed E-state index contributed by atoms with van der Waals surface area (Å²) in [6, 6.07) is 17.7. The molecule has 1 saturated heterocycles. The van der Waals surface area contributed by atoms with Gasteiger partial charge in [-0.15, -0.1) is 0 Å².